The van der Waals surface area contributed by atoms with Gasteiger partial charge in [-0.05, 0) is 52.2 Å². The van der Waals surface area contributed by atoms with E-state index in [2.05, 4.69) is 23.9 Å². The molecule has 0 aromatic rings. The first-order valence-electron chi connectivity index (χ1n) is 7.05. The minimum absolute atomic E-state index is 0.465. The number of hydrogen-bond donors (Lipinski definition) is 0. The summed E-state index contributed by atoms with van der Waals surface area (Å²) < 4.78 is 0. The van der Waals surface area contributed by atoms with Crippen molar-refractivity contribution in [3.8, 4) is 0 Å². The fourth-order valence-electron chi connectivity index (χ4n) is 3.34. The Balaban J connectivity index is 1.76. The summed E-state index contributed by atoms with van der Waals surface area (Å²) in [5.41, 5.74) is 0. The molecule has 0 radical (unpaired) electrons. The maximum absolute atomic E-state index is 11.2. The number of ketones is 1. The van der Waals surface area contributed by atoms with Gasteiger partial charge in [-0.25, -0.2) is 0 Å². The van der Waals surface area contributed by atoms with Crippen LogP contribution in [0, 0.1) is 5.92 Å². The van der Waals surface area contributed by atoms with Crippen molar-refractivity contribution < 1.29 is 4.79 Å². The van der Waals surface area contributed by atoms with Crippen LogP contribution in [0.5, 0.6) is 0 Å². The van der Waals surface area contributed by atoms with Crippen LogP contribution in [0.2, 0.25) is 0 Å². The van der Waals surface area contributed by atoms with Gasteiger partial charge in [0.2, 0.25) is 0 Å². The highest BCUT2D eigenvalue weighted by Crippen LogP contribution is 2.22. The highest BCUT2D eigenvalue weighted by Gasteiger charge is 2.25. The summed E-state index contributed by atoms with van der Waals surface area (Å²) in [6, 6.07) is 0.653. The van der Waals surface area contributed by atoms with Crippen LogP contribution >= 0.6 is 0 Å². The topological polar surface area (TPSA) is 23.6 Å². The van der Waals surface area contributed by atoms with Crippen molar-refractivity contribution in [1.82, 2.24) is 9.80 Å². The predicted molar refractivity (Wildman–Crippen MR) is 70.1 cm³/mol. The summed E-state index contributed by atoms with van der Waals surface area (Å²) in [7, 11) is 4.47. The summed E-state index contributed by atoms with van der Waals surface area (Å²) in [5, 5.41) is 0. The van der Waals surface area contributed by atoms with Crippen LogP contribution in [0.1, 0.15) is 38.5 Å². The lowest BCUT2D eigenvalue weighted by atomic mass is 9.91. The third-order valence-electron chi connectivity index (χ3n) is 4.40. The van der Waals surface area contributed by atoms with E-state index in [1.807, 2.05) is 0 Å². The molecule has 0 N–H and O–H groups in total. The molecule has 1 saturated heterocycles. The normalized spacial score (nSPS) is 28.9. The van der Waals surface area contributed by atoms with Gasteiger partial charge in [-0.2, -0.15) is 0 Å². The first kappa shape index (κ1) is 13.0. The van der Waals surface area contributed by atoms with E-state index in [0.717, 1.165) is 31.6 Å². The van der Waals surface area contributed by atoms with E-state index >= 15 is 0 Å². The highest BCUT2D eigenvalue weighted by atomic mass is 16.1. The Morgan fingerprint density at radius 1 is 1.29 bits per heavy atom. The smallest absolute Gasteiger partial charge is 0.133 e. The molecule has 1 unspecified atom stereocenters. The molecule has 1 aliphatic carbocycles. The molecule has 2 fully saturated rings. The zero-order valence-electron chi connectivity index (χ0n) is 11.3. The van der Waals surface area contributed by atoms with Crippen LogP contribution in [-0.4, -0.2) is 55.4 Å². The predicted octanol–water partition coefficient (Wildman–Crippen LogP) is 1.77. The first-order chi connectivity index (χ1) is 8.15. The number of carbonyl (C=O) groups excluding carboxylic acids is 1. The van der Waals surface area contributed by atoms with Gasteiger partial charge < -0.3 is 9.80 Å². The Morgan fingerprint density at radius 3 is 2.65 bits per heavy atom. The summed E-state index contributed by atoms with van der Waals surface area (Å²) in [6.45, 7) is 3.72. The van der Waals surface area contributed by atoms with E-state index in [1.165, 1.54) is 32.5 Å². The number of nitrogens with zero attached hydrogens (tertiary/aromatic N) is 2. The Hall–Kier alpha value is -0.410. The number of hydrogen-bond acceptors (Lipinski definition) is 3. The van der Waals surface area contributed by atoms with E-state index in [9.17, 15) is 4.79 Å². The van der Waals surface area contributed by atoms with Gasteiger partial charge in [0.15, 0.2) is 0 Å². The fraction of sp³-hybridized carbons (Fsp3) is 0.929. The van der Waals surface area contributed by atoms with Gasteiger partial charge in [0.05, 0.1) is 0 Å². The maximum atomic E-state index is 11.2. The molecule has 2 rings (SSSR count). The van der Waals surface area contributed by atoms with Gasteiger partial charge in [-0.15, -0.1) is 0 Å². The van der Waals surface area contributed by atoms with Crippen LogP contribution < -0.4 is 0 Å². The van der Waals surface area contributed by atoms with Gasteiger partial charge in [0, 0.05) is 32.0 Å². The summed E-state index contributed by atoms with van der Waals surface area (Å²) in [4.78, 5) is 16.2. The standard InChI is InChI=1S/C14H26N2O/c1-15-9-3-4-12(10-15)11-16(2)13-5-7-14(17)8-6-13/h12-13H,3-11H2,1-2H3. The molecule has 2 aliphatic rings. The van der Waals surface area contributed by atoms with Crippen LogP contribution in [0.15, 0.2) is 0 Å². The van der Waals surface area contributed by atoms with Crippen molar-refractivity contribution in [2.24, 2.45) is 5.92 Å². The van der Waals surface area contributed by atoms with E-state index < -0.39 is 0 Å². The van der Waals surface area contributed by atoms with Crippen LogP contribution in [0.3, 0.4) is 0 Å². The van der Waals surface area contributed by atoms with Crippen molar-refractivity contribution in [2.75, 3.05) is 33.7 Å². The van der Waals surface area contributed by atoms with Crippen LogP contribution in [0.4, 0.5) is 0 Å². The zero-order valence-corrected chi connectivity index (χ0v) is 11.3. The van der Waals surface area contributed by atoms with Crippen molar-refractivity contribution in [3.05, 3.63) is 0 Å². The molecule has 0 aromatic heterocycles. The second kappa shape index (κ2) is 5.96. The van der Waals surface area contributed by atoms with Gasteiger partial charge in [0.1, 0.15) is 5.78 Å². The Labute approximate surface area is 105 Å². The van der Waals surface area contributed by atoms with Crippen molar-refractivity contribution in [1.29, 1.82) is 0 Å². The first-order valence-corrected chi connectivity index (χ1v) is 7.05. The second-order valence-corrected chi connectivity index (χ2v) is 5.98. The van der Waals surface area contributed by atoms with Crippen molar-refractivity contribution >= 4 is 5.78 Å². The fourth-order valence-corrected chi connectivity index (χ4v) is 3.34. The molecule has 0 spiro atoms. The molecular weight excluding hydrogens is 212 g/mol. The third-order valence-corrected chi connectivity index (χ3v) is 4.40. The monoisotopic (exact) mass is 238 g/mol. The molecular formula is C14H26N2O. The van der Waals surface area contributed by atoms with Gasteiger partial charge in [0.25, 0.3) is 0 Å². The van der Waals surface area contributed by atoms with E-state index in [1.54, 1.807) is 0 Å². The summed E-state index contributed by atoms with van der Waals surface area (Å²) >= 11 is 0. The van der Waals surface area contributed by atoms with Crippen LogP contribution in [0.25, 0.3) is 0 Å². The van der Waals surface area contributed by atoms with Gasteiger partial charge in [-0.3, -0.25) is 4.79 Å². The van der Waals surface area contributed by atoms with Gasteiger partial charge >= 0.3 is 0 Å². The number of likely N-dealkylation sites (tertiary alicyclic amines) is 1. The van der Waals surface area contributed by atoms with Crippen LogP contribution in [-0.2, 0) is 4.79 Å². The minimum atomic E-state index is 0.465. The maximum Gasteiger partial charge on any atom is 0.133 e. The van der Waals surface area contributed by atoms with E-state index in [0.29, 0.717) is 11.8 Å². The second-order valence-electron chi connectivity index (χ2n) is 5.98. The lowest BCUT2D eigenvalue weighted by molar-refractivity contribution is -0.121. The SMILES string of the molecule is CN1CCCC(CN(C)C2CCC(=O)CC2)C1. The molecule has 1 atom stereocenters. The number of rotatable bonds is 3. The summed E-state index contributed by atoms with van der Waals surface area (Å²) in [6.07, 6.45) is 6.49. The van der Waals surface area contributed by atoms with E-state index in [-0.39, 0.29) is 0 Å². The van der Waals surface area contributed by atoms with Gasteiger partial charge in [-0.1, -0.05) is 0 Å². The van der Waals surface area contributed by atoms with E-state index in [4.69, 9.17) is 0 Å². The summed E-state index contributed by atoms with van der Waals surface area (Å²) in [5.74, 6) is 1.29. The molecule has 0 amide bonds. The number of Topliss-reactive ketones (excluding diaryl/α,β-unsaturated/α-hetero) is 1. The van der Waals surface area contributed by atoms with Crippen molar-refractivity contribution in [2.45, 2.75) is 44.6 Å². The van der Waals surface area contributed by atoms with Crippen molar-refractivity contribution in [3.63, 3.8) is 0 Å². The molecule has 0 aromatic carbocycles. The molecule has 3 nitrogen and oxygen atoms in total. The molecule has 1 aliphatic heterocycles. The Bertz CT molecular complexity index is 257. The highest BCUT2D eigenvalue weighted by molar-refractivity contribution is 5.79. The lowest BCUT2D eigenvalue weighted by Crippen LogP contribution is -2.42. The number of piperidine rings is 1. The Morgan fingerprint density at radius 2 is 2.00 bits per heavy atom. The molecule has 1 saturated carbocycles. The quantitative estimate of drug-likeness (QED) is 0.748. The average molecular weight is 238 g/mol. The lowest BCUT2D eigenvalue weighted by Gasteiger charge is -2.36. The largest absolute Gasteiger partial charge is 0.306 e. The zero-order chi connectivity index (χ0) is 12.3. The molecule has 0 bridgehead atoms. The Kier molecular flexibility index (Phi) is 4.57. The average Bonchev–Trinajstić information content (AvgIpc) is 2.29. The number of carbonyl (C=O) groups is 1. The molecule has 98 valence electrons. The molecule has 17 heavy (non-hydrogen) atoms. The molecule has 3 heteroatoms. The minimum Gasteiger partial charge on any atom is -0.306 e. The third kappa shape index (κ3) is 3.78. The molecule has 1 heterocycles.